The molecule has 1 aliphatic heterocycles. The Bertz CT molecular complexity index is 355. The van der Waals surface area contributed by atoms with Crippen molar-refractivity contribution in [2.24, 2.45) is 5.92 Å². The van der Waals surface area contributed by atoms with E-state index in [0.717, 1.165) is 5.92 Å². The van der Waals surface area contributed by atoms with Gasteiger partial charge in [-0.3, -0.25) is 4.55 Å². The fourth-order valence-electron chi connectivity index (χ4n) is 3.11. The zero-order valence-corrected chi connectivity index (χ0v) is 17.1. The van der Waals surface area contributed by atoms with Gasteiger partial charge < -0.3 is 4.90 Å². The third-order valence-corrected chi connectivity index (χ3v) is 4.70. The van der Waals surface area contributed by atoms with E-state index in [2.05, 4.69) is 18.7 Å². The van der Waals surface area contributed by atoms with Crippen molar-refractivity contribution in [3.8, 4) is 0 Å². The third-order valence-electron chi connectivity index (χ3n) is 4.70. The molecule has 5 heteroatoms. The van der Waals surface area contributed by atoms with Crippen molar-refractivity contribution in [2.75, 3.05) is 25.9 Å². The average Bonchev–Trinajstić information content (AvgIpc) is 2.49. The standard InChI is InChI=1S/C18H37N.CH4O3S/c1-3-4-5-6-7-8-9-10-11-12-15-19-16-13-18(2)14-17-19;1-5(2,3)4/h18H,3-17H2,1-2H3;1H3,(H,2,3,4). The van der Waals surface area contributed by atoms with Crippen molar-refractivity contribution in [3.05, 3.63) is 0 Å². The maximum Gasteiger partial charge on any atom is 0.261 e. The van der Waals surface area contributed by atoms with Crippen LogP contribution in [0, 0.1) is 5.92 Å². The van der Waals surface area contributed by atoms with Gasteiger partial charge in [0.1, 0.15) is 0 Å². The third kappa shape index (κ3) is 19.9. The number of nitrogens with zero attached hydrogens (tertiary/aromatic N) is 1. The molecule has 0 atom stereocenters. The Morgan fingerprint density at radius 2 is 1.25 bits per heavy atom. The monoisotopic (exact) mass is 363 g/mol. The van der Waals surface area contributed by atoms with Gasteiger partial charge in [-0.25, -0.2) is 0 Å². The van der Waals surface area contributed by atoms with Gasteiger partial charge in [0.25, 0.3) is 10.1 Å². The molecule has 0 aromatic rings. The molecule has 4 nitrogen and oxygen atoms in total. The minimum atomic E-state index is -3.67. The van der Waals surface area contributed by atoms with Crippen LogP contribution in [0.3, 0.4) is 0 Å². The molecular formula is C19H41NO3S. The molecular weight excluding hydrogens is 322 g/mol. The number of piperidine rings is 1. The molecule has 146 valence electrons. The Hall–Kier alpha value is -0.130. The summed E-state index contributed by atoms with van der Waals surface area (Å²) >= 11 is 0. The predicted molar refractivity (Wildman–Crippen MR) is 104 cm³/mol. The molecule has 0 spiro atoms. The van der Waals surface area contributed by atoms with E-state index in [1.165, 1.54) is 96.7 Å². The number of rotatable bonds is 11. The SMILES string of the molecule is CCCCCCCCCCCCN1CCC(C)CC1.CS(=O)(=O)O. The van der Waals surface area contributed by atoms with Crippen LogP contribution in [0.15, 0.2) is 0 Å². The topological polar surface area (TPSA) is 57.6 Å². The van der Waals surface area contributed by atoms with E-state index in [9.17, 15) is 8.42 Å². The highest BCUT2D eigenvalue weighted by Crippen LogP contribution is 2.17. The molecule has 0 aliphatic carbocycles. The van der Waals surface area contributed by atoms with Crippen LogP contribution in [0.25, 0.3) is 0 Å². The van der Waals surface area contributed by atoms with Crippen molar-refractivity contribution in [2.45, 2.75) is 90.9 Å². The van der Waals surface area contributed by atoms with Crippen molar-refractivity contribution >= 4 is 10.1 Å². The predicted octanol–water partition coefficient (Wildman–Crippen LogP) is 5.14. The molecule has 0 bridgehead atoms. The number of hydrogen-bond acceptors (Lipinski definition) is 3. The van der Waals surface area contributed by atoms with Crippen LogP contribution in [-0.4, -0.2) is 43.8 Å². The first-order chi connectivity index (χ1) is 11.3. The quantitative estimate of drug-likeness (QED) is 0.408. The Morgan fingerprint density at radius 1 is 0.875 bits per heavy atom. The molecule has 0 aromatic carbocycles. The number of hydrogen-bond donors (Lipinski definition) is 1. The van der Waals surface area contributed by atoms with Gasteiger partial charge in [-0.05, 0) is 44.8 Å². The summed E-state index contributed by atoms with van der Waals surface area (Å²) in [6, 6.07) is 0. The molecule has 1 fully saturated rings. The smallest absolute Gasteiger partial charge is 0.261 e. The van der Waals surface area contributed by atoms with Gasteiger partial charge in [-0.1, -0.05) is 71.6 Å². The molecule has 0 saturated carbocycles. The highest BCUT2D eigenvalue weighted by molar-refractivity contribution is 7.85. The first kappa shape index (κ1) is 23.9. The van der Waals surface area contributed by atoms with Gasteiger partial charge in [-0.2, -0.15) is 8.42 Å². The molecule has 1 rings (SSSR count). The summed E-state index contributed by atoms with van der Waals surface area (Å²) < 4.78 is 25.9. The Labute approximate surface area is 151 Å². The maximum absolute atomic E-state index is 9.19. The van der Waals surface area contributed by atoms with Crippen LogP contribution < -0.4 is 0 Å². The van der Waals surface area contributed by atoms with Crippen molar-refractivity contribution in [1.82, 2.24) is 4.90 Å². The molecule has 1 N–H and O–H groups in total. The fraction of sp³-hybridized carbons (Fsp3) is 1.00. The van der Waals surface area contributed by atoms with Crippen LogP contribution in [0.4, 0.5) is 0 Å². The lowest BCUT2D eigenvalue weighted by Gasteiger charge is -2.30. The fourth-order valence-corrected chi connectivity index (χ4v) is 3.11. The van der Waals surface area contributed by atoms with E-state index >= 15 is 0 Å². The summed E-state index contributed by atoms with van der Waals surface area (Å²) in [4.78, 5) is 2.69. The Morgan fingerprint density at radius 3 is 1.67 bits per heavy atom. The van der Waals surface area contributed by atoms with E-state index in [1.54, 1.807) is 0 Å². The lowest BCUT2D eigenvalue weighted by atomic mass is 9.99. The summed E-state index contributed by atoms with van der Waals surface area (Å²) in [5.41, 5.74) is 0. The number of likely N-dealkylation sites (tertiary alicyclic amines) is 1. The molecule has 0 amide bonds. The van der Waals surface area contributed by atoms with Crippen LogP contribution in [0.2, 0.25) is 0 Å². The van der Waals surface area contributed by atoms with E-state index in [1.807, 2.05) is 0 Å². The largest absolute Gasteiger partial charge is 0.303 e. The van der Waals surface area contributed by atoms with E-state index in [4.69, 9.17) is 4.55 Å². The summed E-state index contributed by atoms with van der Waals surface area (Å²) in [5.74, 6) is 0.976. The highest BCUT2D eigenvalue weighted by Gasteiger charge is 2.14. The van der Waals surface area contributed by atoms with Gasteiger partial charge in [0, 0.05) is 0 Å². The van der Waals surface area contributed by atoms with E-state index in [-0.39, 0.29) is 0 Å². The second-order valence-electron chi connectivity index (χ2n) is 7.44. The van der Waals surface area contributed by atoms with Crippen molar-refractivity contribution in [3.63, 3.8) is 0 Å². The second-order valence-corrected chi connectivity index (χ2v) is 8.91. The zero-order chi connectivity index (χ0) is 18.3. The molecule has 0 radical (unpaired) electrons. The van der Waals surface area contributed by atoms with Gasteiger partial charge in [0.2, 0.25) is 0 Å². The molecule has 0 unspecified atom stereocenters. The molecule has 24 heavy (non-hydrogen) atoms. The normalized spacial score (nSPS) is 16.7. The summed E-state index contributed by atoms with van der Waals surface area (Å²) in [5, 5.41) is 0. The minimum absolute atomic E-state index is 0.715. The average molecular weight is 364 g/mol. The summed E-state index contributed by atoms with van der Waals surface area (Å²) in [6.45, 7) is 8.78. The molecule has 1 saturated heterocycles. The van der Waals surface area contributed by atoms with Gasteiger partial charge in [-0.15, -0.1) is 0 Å². The first-order valence-corrected chi connectivity index (χ1v) is 11.8. The second kappa shape index (κ2) is 15.2. The minimum Gasteiger partial charge on any atom is -0.303 e. The lowest BCUT2D eigenvalue weighted by Crippen LogP contribution is -2.33. The molecule has 1 aliphatic rings. The van der Waals surface area contributed by atoms with Gasteiger partial charge >= 0.3 is 0 Å². The Balaban J connectivity index is 0.000000922. The zero-order valence-electron chi connectivity index (χ0n) is 16.3. The van der Waals surface area contributed by atoms with Crippen LogP contribution >= 0.6 is 0 Å². The van der Waals surface area contributed by atoms with E-state index < -0.39 is 10.1 Å². The van der Waals surface area contributed by atoms with Crippen molar-refractivity contribution in [1.29, 1.82) is 0 Å². The molecule has 1 heterocycles. The van der Waals surface area contributed by atoms with Gasteiger partial charge in [0.15, 0.2) is 0 Å². The highest BCUT2D eigenvalue weighted by atomic mass is 32.2. The van der Waals surface area contributed by atoms with Crippen LogP contribution in [0.5, 0.6) is 0 Å². The summed E-state index contributed by atoms with van der Waals surface area (Å²) in [7, 11) is -3.67. The summed E-state index contributed by atoms with van der Waals surface area (Å²) in [6.07, 6.45) is 18.1. The lowest BCUT2D eigenvalue weighted by molar-refractivity contribution is 0.189. The maximum atomic E-state index is 9.19. The van der Waals surface area contributed by atoms with Crippen molar-refractivity contribution < 1.29 is 13.0 Å². The van der Waals surface area contributed by atoms with Gasteiger partial charge in [0.05, 0.1) is 6.26 Å². The Kier molecular flexibility index (Phi) is 15.1. The number of unbranched alkanes of at least 4 members (excludes halogenated alkanes) is 9. The van der Waals surface area contributed by atoms with Crippen LogP contribution in [0.1, 0.15) is 90.9 Å². The van der Waals surface area contributed by atoms with E-state index in [0.29, 0.717) is 6.26 Å². The van der Waals surface area contributed by atoms with Crippen LogP contribution in [-0.2, 0) is 10.1 Å². The first-order valence-electron chi connectivity index (χ1n) is 9.97. The molecule has 0 aromatic heterocycles.